The highest BCUT2D eigenvalue weighted by atomic mass is 32.1. The average Bonchev–Trinajstić information content (AvgIpc) is 3.22. The second kappa shape index (κ2) is 6.39. The van der Waals surface area contributed by atoms with Crippen molar-refractivity contribution in [3.63, 3.8) is 0 Å². The summed E-state index contributed by atoms with van der Waals surface area (Å²) < 4.78 is 0. The topological polar surface area (TPSA) is 79.8 Å². The number of aryl methyl sites for hydroxylation is 1. The normalized spacial score (nSPS) is 15.4. The Labute approximate surface area is 133 Å². The van der Waals surface area contributed by atoms with Gasteiger partial charge in [-0.05, 0) is 32.8 Å². The quantitative estimate of drug-likeness (QED) is 0.888. The maximum absolute atomic E-state index is 11.9. The summed E-state index contributed by atoms with van der Waals surface area (Å²) in [4.78, 5) is 24.8. The van der Waals surface area contributed by atoms with Gasteiger partial charge in [0.25, 0.3) is 0 Å². The maximum Gasteiger partial charge on any atom is 0.315 e. The van der Waals surface area contributed by atoms with Crippen molar-refractivity contribution in [1.29, 1.82) is 0 Å². The Balaban J connectivity index is 1.49. The number of thiazole rings is 1. The largest absolute Gasteiger partial charge is 0.332 e. The van der Waals surface area contributed by atoms with E-state index >= 15 is 0 Å². The van der Waals surface area contributed by atoms with E-state index < -0.39 is 0 Å². The lowest BCUT2D eigenvalue weighted by molar-refractivity contribution is 0.237. The van der Waals surface area contributed by atoms with Crippen LogP contribution in [0.1, 0.15) is 53.9 Å². The fourth-order valence-electron chi connectivity index (χ4n) is 2.11. The van der Waals surface area contributed by atoms with E-state index in [-0.39, 0.29) is 12.1 Å². The van der Waals surface area contributed by atoms with Crippen LogP contribution in [-0.4, -0.2) is 21.0 Å². The summed E-state index contributed by atoms with van der Waals surface area (Å²) in [6.45, 7) is 4.15. The molecule has 2 aromatic rings. The molecule has 1 aliphatic rings. The van der Waals surface area contributed by atoms with Gasteiger partial charge in [-0.2, -0.15) is 0 Å². The van der Waals surface area contributed by atoms with Gasteiger partial charge in [-0.15, -0.1) is 11.3 Å². The van der Waals surface area contributed by atoms with E-state index in [0.29, 0.717) is 18.3 Å². The molecule has 2 N–H and O–H groups in total. The SMILES string of the molecule is Cc1nccc(CNC(=O)N[C@@H](C)c2csc(C3CC3)n2)n1. The predicted octanol–water partition coefficient (Wildman–Crippen LogP) is 2.68. The first-order chi connectivity index (χ1) is 10.6. The first kappa shape index (κ1) is 14.9. The third kappa shape index (κ3) is 3.79. The van der Waals surface area contributed by atoms with Gasteiger partial charge in [-0.3, -0.25) is 0 Å². The molecule has 2 heterocycles. The standard InChI is InChI=1S/C15H19N5OS/c1-9(13-8-22-14(20-13)11-3-4-11)18-15(21)17-7-12-5-6-16-10(2)19-12/h5-6,8-9,11H,3-4,7H2,1-2H3,(H2,17,18,21)/t9-/m0/s1. The molecule has 2 aromatic heterocycles. The van der Waals surface area contributed by atoms with E-state index in [1.165, 1.54) is 17.8 Å². The van der Waals surface area contributed by atoms with Crippen LogP contribution in [-0.2, 0) is 6.54 Å². The summed E-state index contributed by atoms with van der Waals surface area (Å²) in [6.07, 6.45) is 4.18. The fraction of sp³-hybridized carbons (Fsp3) is 0.467. The minimum atomic E-state index is -0.218. The number of carbonyl (C=O) groups excluding carboxylic acids is 1. The molecule has 0 aromatic carbocycles. The lowest BCUT2D eigenvalue weighted by atomic mass is 10.2. The van der Waals surface area contributed by atoms with Gasteiger partial charge in [0.1, 0.15) is 5.82 Å². The molecule has 0 aliphatic heterocycles. The van der Waals surface area contributed by atoms with Gasteiger partial charge in [0, 0.05) is 17.5 Å². The number of aromatic nitrogens is 3. The lowest BCUT2D eigenvalue weighted by Gasteiger charge is -2.12. The number of urea groups is 1. The third-order valence-corrected chi connectivity index (χ3v) is 4.55. The molecular formula is C15H19N5OS. The van der Waals surface area contributed by atoms with Crippen LogP contribution in [0.2, 0.25) is 0 Å². The first-order valence-corrected chi connectivity index (χ1v) is 8.28. The molecule has 0 radical (unpaired) electrons. The average molecular weight is 317 g/mol. The van der Waals surface area contributed by atoms with Crippen LogP contribution in [0.15, 0.2) is 17.6 Å². The lowest BCUT2D eigenvalue weighted by Crippen LogP contribution is -2.36. The second-order valence-electron chi connectivity index (χ2n) is 5.53. The van der Waals surface area contributed by atoms with Crippen molar-refractivity contribution in [2.75, 3.05) is 0 Å². The molecule has 0 bridgehead atoms. The molecule has 116 valence electrons. The van der Waals surface area contributed by atoms with Crippen molar-refractivity contribution in [3.8, 4) is 0 Å². The Morgan fingerprint density at radius 2 is 2.27 bits per heavy atom. The van der Waals surface area contributed by atoms with Crippen molar-refractivity contribution < 1.29 is 4.79 Å². The Bertz CT molecular complexity index is 667. The molecule has 7 heteroatoms. The number of hydrogen-bond donors (Lipinski definition) is 2. The van der Waals surface area contributed by atoms with Crippen LogP contribution in [0.25, 0.3) is 0 Å². The zero-order chi connectivity index (χ0) is 15.5. The number of rotatable bonds is 5. The molecule has 0 saturated heterocycles. The highest BCUT2D eigenvalue weighted by Gasteiger charge is 2.27. The van der Waals surface area contributed by atoms with Gasteiger partial charge < -0.3 is 10.6 Å². The van der Waals surface area contributed by atoms with Crippen LogP contribution < -0.4 is 10.6 Å². The van der Waals surface area contributed by atoms with Crippen LogP contribution >= 0.6 is 11.3 Å². The summed E-state index contributed by atoms with van der Waals surface area (Å²) in [5.41, 5.74) is 1.72. The highest BCUT2D eigenvalue weighted by molar-refractivity contribution is 7.09. The van der Waals surface area contributed by atoms with Gasteiger partial charge in [0.15, 0.2) is 0 Å². The number of carbonyl (C=O) groups is 1. The van der Waals surface area contributed by atoms with E-state index in [4.69, 9.17) is 0 Å². The molecule has 0 unspecified atom stereocenters. The van der Waals surface area contributed by atoms with Crippen LogP contribution in [0.3, 0.4) is 0 Å². The monoisotopic (exact) mass is 317 g/mol. The van der Waals surface area contributed by atoms with E-state index in [2.05, 4.69) is 25.6 Å². The molecule has 1 aliphatic carbocycles. The summed E-state index contributed by atoms with van der Waals surface area (Å²) in [7, 11) is 0. The molecule has 0 spiro atoms. The fourth-order valence-corrected chi connectivity index (χ4v) is 3.20. The molecule has 1 saturated carbocycles. The van der Waals surface area contributed by atoms with Crippen molar-refractivity contribution in [3.05, 3.63) is 39.9 Å². The highest BCUT2D eigenvalue weighted by Crippen LogP contribution is 2.41. The number of amides is 2. The molecule has 6 nitrogen and oxygen atoms in total. The molecule has 1 fully saturated rings. The molecule has 22 heavy (non-hydrogen) atoms. The van der Waals surface area contributed by atoms with E-state index in [1.807, 2.05) is 19.2 Å². The number of nitrogens with zero attached hydrogens (tertiary/aromatic N) is 3. The van der Waals surface area contributed by atoms with Crippen molar-refractivity contribution in [2.45, 2.75) is 45.2 Å². The Hall–Kier alpha value is -2.02. The molecule has 3 rings (SSSR count). The Kier molecular flexibility index (Phi) is 4.33. The van der Waals surface area contributed by atoms with Gasteiger partial charge in [-0.25, -0.2) is 19.7 Å². The van der Waals surface area contributed by atoms with E-state index in [0.717, 1.165) is 11.4 Å². The third-order valence-electron chi connectivity index (χ3n) is 3.52. The zero-order valence-electron chi connectivity index (χ0n) is 12.7. The number of hydrogen-bond acceptors (Lipinski definition) is 5. The summed E-state index contributed by atoms with van der Waals surface area (Å²) in [5, 5.41) is 8.94. The minimum Gasteiger partial charge on any atom is -0.332 e. The minimum absolute atomic E-state index is 0.101. The van der Waals surface area contributed by atoms with E-state index in [1.54, 1.807) is 23.6 Å². The smallest absolute Gasteiger partial charge is 0.315 e. The van der Waals surface area contributed by atoms with E-state index in [9.17, 15) is 4.79 Å². The maximum atomic E-state index is 11.9. The summed E-state index contributed by atoms with van der Waals surface area (Å²) in [5.74, 6) is 1.35. The predicted molar refractivity (Wildman–Crippen MR) is 84.6 cm³/mol. The summed E-state index contributed by atoms with van der Waals surface area (Å²) >= 11 is 1.69. The second-order valence-corrected chi connectivity index (χ2v) is 6.42. The van der Waals surface area contributed by atoms with Gasteiger partial charge in [-0.1, -0.05) is 0 Å². The zero-order valence-corrected chi connectivity index (χ0v) is 13.5. The molecule has 1 atom stereocenters. The van der Waals surface area contributed by atoms with Crippen LogP contribution in [0, 0.1) is 6.92 Å². The van der Waals surface area contributed by atoms with Crippen molar-refractivity contribution >= 4 is 17.4 Å². The van der Waals surface area contributed by atoms with Gasteiger partial charge in [0.05, 0.1) is 29.0 Å². The van der Waals surface area contributed by atoms with Gasteiger partial charge >= 0.3 is 6.03 Å². The van der Waals surface area contributed by atoms with Crippen molar-refractivity contribution in [1.82, 2.24) is 25.6 Å². The molecule has 2 amide bonds. The van der Waals surface area contributed by atoms with Crippen LogP contribution in [0.4, 0.5) is 4.79 Å². The van der Waals surface area contributed by atoms with Gasteiger partial charge in [0.2, 0.25) is 0 Å². The summed E-state index contributed by atoms with van der Waals surface area (Å²) in [6, 6.07) is 1.47. The van der Waals surface area contributed by atoms with Crippen molar-refractivity contribution in [2.24, 2.45) is 0 Å². The first-order valence-electron chi connectivity index (χ1n) is 7.40. The Morgan fingerprint density at radius 1 is 1.45 bits per heavy atom. The molecular weight excluding hydrogens is 298 g/mol. The van der Waals surface area contributed by atoms with Crippen LogP contribution in [0.5, 0.6) is 0 Å². The number of nitrogens with one attached hydrogen (secondary N) is 2. The Morgan fingerprint density at radius 3 is 3.00 bits per heavy atom.